The van der Waals surface area contributed by atoms with E-state index in [1.807, 2.05) is 18.2 Å². The van der Waals surface area contributed by atoms with Crippen LogP contribution < -0.4 is 0 Å². The van der Waals surface area contributed by atoms with Crippen LogP contribution in [0.1, 0.15) is 71.6 Å². The molecule has 0 aromatic carbocycles. The maximum atomic E-state index is 10.5. The zero-order valence-corrected chi connectivity index (χ0v) is 16.2. The molecule has 1 aliphatic rings. The summed E-state index contributed by atoms with van der Waals surface area (Å²) < 4.78 is 0. The average molecular weight is 369 g/mol. The lowest BCUT2D eigenvalue weighted by Crippen LogP contribution is -2.24. The maximum Gasteiger partial charge on any atom is 0.303 e. The quantitative estimate of drug-likeness (QED) is 0.312. The Morgan fingerprint density at radius 1 is 1.15 bits per heavy atom. The molecule has 0 saturated heterocycles. The zero-order chi connectivity index (χ0) is 19.6. The van der Waals surface area contributed by atoms with Crippen molar-refractivity contribution in [2.45, 2.75) is 89.4 Å². The summed E-state index contributed by atoms with van der Waals surface area (Å²) in [6.07, 6.45) is 12.7. The van der Waals surface area contributed by atoms with Gasteiger partial charge in [-0.2, -0.15) is 0 Å². The molecule has 150 valence electrons. The Hall–Kier alpha value is -1.17. The highest BCUT2D eigenvalue weighted by Gasteiger charge is 2.39. The van der Waals surface area contributed by atoms with Crippen LogP contribution in [0.4, 0.5) is 0 Å². The van der Waals surface area contributed by atoms with Crippen molar-refractivity contribution in [3.63, 3.8) is 0 Å². The summed E-state index contributed by atoms with van der Waals surface area (Å²) in [5.41, 5.74) is -0.889. The number of aliphatic carboxylic acids is 1. The van der Waals surface area contributed by atoms with Crippen LogP contribution in [0.5, 0.6) is 0 Å². The van der Waals surface area contributed by atoms with Gasteiger partial charge in [0.15, 0.2) is 0 Å². The summed E-state index contributed by atoms with van der Waals surface area (Å²) in [6.45, 7) is 3.91. The molecule has 1 aliphatic carbocycles. The molecule has 0 radical (unpaired) electrons. The van der Waals surface area contributed by atoms with Gasteiger partial charge in [0.25, 0.3) is 0 Å². The van der Waals surface area contributed by atoms with Crippen LogP contribution in [0.2, 0.25) is 0 Å². The number of hydrogen-bond donors (Lipinski definition) is 4. The van der Waals surface area contributed by atoms with E-state index in [1.54, 1.807) is 13.0 Å². The van der Waals surface area contributed by atoms with Crippen LogP contribution in [0.15, 0.2) is 24.3 Å². The molecular formula is C21H36O5. The molecule has 0 bridgehead atoms. The summed E-state index contributed by atoms with van der Waals surface area (Å²) in [5.74, 6) is -1.04. The zero-order valence-electron chi connectivity index (χ0n) is 16.2. The second-order valence-electron chi connectivity index (χ2n) is 7.78. The van der Waals surface area contributed by atoms with Crippen LogP contribution in [0.25, 0.3) is 0 Å². The fraction of sp³-hybridized carbons (Fsp3) is 0.762. The van der Waals surface area contributed by atoms with Crippen molar-refractivity contribution >= 4 is 5.97 Å². The Bertz CT molecular complexity index is 469. The molecule has 26 heavy (non-hydrogen) atoms. The summed E-state index contributed by atoms with van der Waals surface area (Å²) >= 11 is 0. The fourth-order valence-electron chi connectivity index (χ4n) is 3.58. The monoisotopic (exact) mass is 368 g/mol. The predicted molar refractivity (Wildman–Crippen MR) is 103 cm³/mol. The van der Waals surface area contributed by atoms with E-state index in [9.17, 15) is 20.1 Å². The number of unbranched alkanes of at least 4 members (excludes halogenated alkanes) is 3. The van der Waals surface area contributed by atoms with Gasteiger partial charge in [-0.15, -0.1) is 0 Å². The highest BCUT2D eigenvalue weighted by molar-refractivity contribution is 5.66. The molecule has 0 amide bonds. The van der Waals surface area contributed by atoms with E-state index >= 15 is 0 Å². The van der Waals surface area contributed by atoms with Gasteiger partial charge in [-0.1, -0.05) is 50.5 Å². The molecule has 0 unspecified atom stereocenters. The van der Waals surface area contributed by atoms with Crippen molar-refractivity contribution in [3.8, 4) is 0 Å². The van der Waals surface area contributed by atoms with Gasteiger partial charge in [-0.25, -0.2) is 0 Å². The molecule has 4 N–H and O–H groups in total. The number of carboxylic acid groups (broad SMARTS) is 1. The molecule has 1 rings (SSSR count). The molecule has 5 heteroatoms. The maximum absolute atomic E-state index is 10.5. The molecule has 0 heterocycles. The van der Waals surface area contributed by atoms with Crippen LogP contribution in [0, 0.1) is 11.8 Å². The van der Waals surface area contributed by atoms with Crippen LogP contribution >= 0.6 is 0 Å². The molecule has 5 atom stereocenters. The molecule has 0 aromatic rings. The molecule has 1 fully saturated rings. The highest BCUT2D eigenvalue weighted by Crippen LogP contribution is 2.37. The van der Waals surface area contributed by atoms with E-state index < -0.39 is 23.8 Å². The Kier molecular flexibility index (Phi) is 10.1. The van der Waals surface area contributed by atoms with Crippen LogP contribution in [0.3, 0.4) is 0 Å². The lowest BCUT2D eigenvalue weighted by molar-refractivity contribution is -0.137. The van der Waals surface area contributed by atoms with Gasteiger partial charge < -0.3 is 20.4 Å². The summed E-state index contributed by atoms with van der Waals surface area (Å²) in [4.78, 5) is 10.5. The van der Waals surface area contributed by atoms with Gasteiger partial charge in [0.05, 0.1) is 17.8 Å². The first-order valence-electron chi connectivity index (χ1n) is 9.91. The van der Waals surface area contributed by atoms with Gasteiger partial charge in [-0.3, -0.25) is 4.79 Å². The third kappa shape index (κ3) is 8.47. The molecule has 0 aromatic heterocycles. The van der Waals surface area contributed by atoms with Crippen LogP contribution in [-0.4, -0.2) is 44.2 Å². The van der Waals surface area contributed by atoms with Gasteiger partial charge >= 0.3 is 5.97 Å². The minimum absolute atomic E-state index is 0.0802. The highest BCUT2D eigenvalue weighted by atomic mass is 16.4. The van der Waals surface area contributed by atoms with E-state index in [2.05, 4.69) is 6.92 Å². The van der Waals surface area contributed by atoms with Crippen LogP contribution in [-0.2, 0) is 4.79 Å². The predicted octanol–water partition coefficient (Wildman–Crippen LogP) is 3.43. The third-order valence-corrected chi connectivity index (χ3v) is 5.22. The second kappa shape index (κ2) is 11.5. The first kappa shape index (κ1) is 22.9. The lowest BCUT2D eigenvalue weighted by Gasteiger charge is -2.23. The number of carboxylic acids is 1. The van der Waals surface area contributed by atoms with Crippen molar-refractivity contribution in [1.82, 2.24) is 0 Å². The van der Waals surface area contributed by atoms with Crippen molar-refractivity contribution in [2.75, 3.05) is 0 Å². The SMILES string of the molecule is CCCCC[C@](C)(O)/C=C/[C@@H]1[C@H](C/C=C/CCCC(=O)O)[C@H](O)C[C@@H]1O. The first-order valence-corrected chi connectivity index (χ1v) is 9.91. The molecule has 1 saturated carbocycles. The Morgan fingerprint density at radius 3 is 2.54 bits per heavy atom. The second-order valence-corrected chi connectivity index (χ2v) is 7.78. The normalized spacial score (nSPS) is 28.8. The minimum Gasteiger partial charge on any atom is -0.481 e. The third-order valence-electron chi connectivity index (χ3n) is 5.22. The number of aliphatic hydroxyl groups excluding tert-OH is 2. The minimum atomic E-state index is -0.889. The van der Waals surface area contributed by atoms with Gasteiger partial charge in [-0.05, 0) is 38.5 Å². The van der Waals surface area contributed by atoms with E-state index in [0.29, 0.717) is 32.1 Å². The van der Waals surface area contributed by atoms with E-state index in [4.69, 9.17) is 5.11 Å². The first-order chi connectivity index (χ1) is 12.3. The Labute approximate surface area is 157 Å². The Balaban J connectivity index is 2.56. The number of rotatable bonds is 12. The van der Waals surface area contributed by atoms with Crippen molar-refractivity contribution in [2.24, 2.45) is 11.8 Å². The molecule has 5 nitrogen and oxygen atoms in total. The van der Waals surface area contributed by atoms with Gasteiger partial charge in [0.2, 0.25) is 0 Å². The summed E-state index contributed by atoms with van der Waals surface area (Å²) in [5, 5.41) is 39.6. The topological polar surface area (TPSA) is 98.0 Å². The Morgan fingerprint density at radius 2 is 1.88 bits per heavy atom. The van der Waals surface area contributed by atoms with Crippen molar-refractivity contribution in [1.29, 1.82) is 0 Å². The number of carbonyl (C=O) groups is 1. The van der Waals surface area contributed by atoms with Gasteiger partial charge in [0.1, 0.15) is 0 Å². The van der Waals surface area contributed by atoms with E-state index in [-0.39, 0.29) is 18.3 Å². The van der Waals surface area contributed by atoms with E-state index in [1.165, 1.54) is 0 Å². The molecular weight excluding hydrogens is 332 g/mol. The largest absolute Gasteiger partial charge is 0.481 e. The average Bonchev–Trinajstić information content (AvgIpc) is 2.82. The lowest BCUT2D eigenvalue weighted by atomic mass is 9.88. The number of aliphatic hydroxyl groups is 3. The van der Waals surface area contributed by atoms with E-state index in [0.717, 1.165) is 19.3 Å². The summed E-state index contributed by atoms with van der Waals surface area (Å²) in [7, 11) is 0. The number of hydrogen-bond acceptors (Lipinski definition) is 4. The number of allylic oxidation sites excluding steroid dienone is 2. The summed E-state index contributed by atoms with van der Waals surface area (Å²) in [6, 6.07) is 0. The van der Waals surface area contributed by atoms with Crippen molar-refractivity contribution < 1.29 is 25.2 Å². The fourth-order valence-corrected chi connectivity index (χ4v) is 3.58. The van der Waals surface area contributed by atoms with Crippen molar-refractivity contribution in [3.05, 3.63) is 24.3 Å². The molecule has 0 spiro atoms. The van der Waals surface area contributed by atoms with Gasteiger partial charge in [0, 0.05) is 18.8 Å². The smallest absolute Gasteiger partial charge is 0.303 e. The molecule has 0 aliphatic heterocycles. The standard InChI is InChI=1S/C21H36O5/c1-3-4-9-13-21(2,26)14-12-17-16(18(22)15-19(17)23)10-7-5-6-8-11-20(24)25/h5,7,12,14,16-19,22-23,26H,3-4,6,8-11,13,15H2,1-2H3,(H,24,25)/b7-5+,14-12+/t16-,17+,18+,19-,21-/m0/s1.